The van der Waals surface area contributed by atoms with Crippen LogP contribution in [0.15, 0.2) is 75.7 Å². The molecule has 0 aromatic heterocycles. The quantitative estimate of drug-likeness (QED) is 0.162. The van der Waals surface area contributed by atoms with Crippen molar-refractivity contribution in [3.8, 4) is 28.7 Å². The van der Waals surface area contributed by atoms with Crippen molar-refractivity contribution in [3.05, 3.63) is 109 Å². The fourth-order valence-corrected chi connectivity index (χ4v) is 6.34. The molecule has 0 aliphatic carbocycles. The molecule has 0 bridgehead atoms. The number of rotatable bonds is 10. The third-order valence-corrected chi connectivity index (χ3v) is 8.02. The Morgan fingerprint density at radius 2 is 1.54 bits per heavy atom. The van der Waals surface area contributed by atoms with Gasteiger partial charge in [0.25, 0.3) is 0 Å². The van der Waals surface area contributed by atoms with Gasteiger partial charge in [-0.3, -0.25) is 4.79 Å². The molecule has 0 aliphatic rings. The van der Waals surface area contributed by atoms with Crippen LogP contribution in [-0.4, -0.2) is 30.4 Å². The summed E-state index contributed by atoms with van der Waals surface area (Å²) < 4.78 is 19.3. The van der Waals surface area contributed by atoms with Crippen molar-refractivity contribution >= 4 is 37.8 Å². The van der Waals surface area contributed by atoms with Crippen LogP contribution in [0.4, 0.5) is 0 Å². The number of phenols is 1. The van der Waals surface area contributed by atoms with Gasteiger partial charge >= 0.3 is 5.97 Å². The maximum Gasteiger partial charge on any atom is 0.307 e. The highest BCUT2D eigenvalue weighted by Crippen LogP contribution is 2.48. The molecule has 0 spiro atoms. The van der Waals surface area contributed by atoms with Gasteiger partial charge in [0.15, 0.2) is 5.75 Å². The zero-order chi connectivity index (χ0) is 29.8. The zero-order valence-corrected chi connectivity index (χ0v) is 26.7. The number of hydrogen-bond acceptors (Lipinski definition) is 5. The van der Waals surface area contributed by atoms with Gasteiger partial charge in [-0.1, -0.05) is 43.7 Å². The number of benzene rings is 4. The van der Waals surface area contributed by atoms with Gasteiger partial charge < -0.3 is 24.4 Å². The monoisotopic (exact) mass is 682 g/mol. The molecule has 0 saturated heterocycles. The molecule has 6 nitrogen and oxygen atoms in total. The lowest BCUT2D eigenvalue weighted by atomic mass is 9.82. The van der Waals surface area contributed by atoms with E-state index in [1.165, 1.54) is 0 Å². The normalized spacial score (nSPS) is 11.8. The van der Waals surface area contributed by atoms with Crippen LogP contribution in [-0.2, 0) is 11.2 Å². The van der Waals surface area contributed by atoms with Crippen molar-refractivity contribution in [1.29, 1.82) is 0 Å². The highest BCUT2D eigenvalue weighted by molar-refractivity contribution is 9.11. The molecule has 4 rings (SSSR count). The molecule has 0 aliphatic heterocycles. The number of aliphatic carboxylic acids is 1. The Bertz CT molecular complexity index is 1560. The summed E-state index contributed by atoms with van der Waals surface area (Å²) in [5.41, 5.74) is 5.03. The minimum atomic E-state index is -0.921. The first kappa shape index (κ1) is 30.5. The highest BCUT2D eigenvalue weighted by Gasteiger charge is 2.28. The number of halogens is 2. The second-order valence-corrected chi connectivity index (χ2v) is 11.8. The van der Waals surface area contributed by atoms with Crippen LogP contribution in [0.1, 0.15) is 59.1 Å². The molecule has 8 heteroatoms. The summed E-state index contributed by atoms with van der Waals surface area (Å²) in [6.07, 6.45) is -0.118. The average Bonchev–Trinajstić information content (AvgIpc) is 2.91. The van der Waals surface area contributed by atoms with E-state index in [0.717, 1.165) is 22.3 Å². The molecule has 1 atom stereocenters. The first-order valence-electron chi connectivity index (χ1n) is 13.0. The zero-order valence-electron chi connectivity index (χ0n) is 23.5. The summed E-state index contributed by atoms with van der Waals surface area (Å²) in [4.78, 5) is 11.3. The highest BCUT2D eigenvalue weighted by atomic mass is 79.9. The summed E-state index contributed by atoms with van der Waals surface area (Å²) in [7, 11) is 3.24. The standard InChI is InChI=1S/C33H32Br2O6/c1-18(2)23-16-30(41-33-26(34)12-20(13-27(33)35)14-31(37)38)25(17-29(23)40-5)32(21-8-6-7-19(3)11-21)24-15-22(39-4)9-10-28(24)36/h6-13,15-18,32,36H,14H2,1-5H3,(H,37,38). The van der Waals surface area contributed by atoms with E-state index < -0.39 is 11.9 Å². The van der Waals surface area contributed by atoms with Gasteiger partial charge in [0.2, 0.25) is 0 Å². The second kappa shape index (κ2) is 13.0. The van der Waals surface area contributed by atoms with Gasteiger partial charge in [0.1, 0.15) is 23.0 Å². The van der Waals surface area contributed by atoms with Gasteiger partial charge in [-0.05, 0) is 98.3 Å². The van der Waals surface area contributed by atoms with Crippen LogP contribution >= 0.6 is 31.9 Å². The molecule has 0 saturated carbocycles. The Morgan fingerprint density at radius 1 is 0.854 bits per heavy atom. The van der Waals surface area contributed by atoms with Gasteiger partial charge in [0.05, 0.1) is 29.6 Å². The lowest BCUT2D eigenvalue weighted by molar-refractivity contribution is -0.136. The van der Waals surface area contributed by atoms with Crippen molar-refractivity contribution < 1.29 is 29.2 Å². The number of aryl methyl sites for hydroxylation is 1. The predicted octanol–water partition coefficient (Wildman–Crippen LogP) is 8.97. The van der Waals surface area contributed by atoms with Crippen molar-refractivity contribution in [2.75, 3.05) is 14.2 Å². The lowest BCUT2D eigenvalue weighted by Crippen LogP contribution is -2.09. The third kappa shape index (κ3) is 6.88. The molecule has 0 heterocycles. The predicted molar refractivity (Wildman–Crippen MR) is 167 cm³/mol. The summed E-state index contributed by atoms with van der Waals surface area (Å²) >= 11 is 7.17. The van der Waals surface area contributed by atoms with Crippen LogP contribution in [0.2, 0.25) is 0 Å². The number of carboxylic acid groups (broad SMARTS) is 1. The minimum absolute atomic E-state index is 0.118. The van der Waals surface area contributed by atoms with Crippen LogP contribution in [0, 0.1) is 6.92 Å². The summed E-state index contributed by atoms with van der Waals surface area (Å²) in [5, 5.41) is 20.4. The molecule has 214 valence electrons. The van der Waals surface area contributed by atoms with Gasteiger partial charge in [0, 0.05) is 22.6 Å². The van der Waals surface area contributed by atoms with E-state index >= 15 is 0 Å². The van der Waals surface area contributed by atoms with E-state index in [1.807, 2.05) is 43.3 Å². The summed E-state index contributed by atoms with van der Waals surface area (Å²) in [6.45, 7) is 6.19. The number of carbonyl (C=O) groups is 1. The Morgan fingerprint density at radius 3 is 2.12 bits per heavy atom. The third-order valence-electron chi connectivity index (χ3n) is 6.84. The topological polar surface area (TPSA) is 85.2 Å². The molecule has 0 radical (unpaired) electrons. The maximum absolute atomic E-state index is 11.3. The van der Waals surface area contributed by atoms with Crippen molar-refractivity contribution in [2.24, 2.45) is 0 Å². The fourth-order valence-electron chi connectivity index (χ4n) is 4.90. The molecule has 41 heavy (non-hydrogen) atoms. The average molecular weight is 684 g/mol. The molecule has 1 unspecified atom stereocenters. The smallest absolute Gasteiger partial charge is 0.307 e. The van der Waals surface area contributed by atoms with E-state index in [-0.39, 0.29) is 18.1 Å². The van der Waals surface area contributed by atoms with Gasteiger partial charge in [-0.2, -0.15) is 0 Å². The number of hydrogen-bond donors (Lipinski definition) is 2. The SMILES string of the molecule is COc1ccc(O)c(C(c2cccc(C)c2)c2cc(OC)c(C(C)C)cc2Oc2c(Br)cc(CC(=O)O)cc2Br)c1. The van der Waals surface area contributed by atoms with Gasteiger partial charge in [-0.25, -0.2) is 0 Å². The Hall–Kier alpha value is -3.49. The maximum atomic E-state index is 11.3. The fraction of sp³-hybridized carbons (Fsp3) is 0.242. The molecule has 2 N–H and O–H groups in total. The van der Waals surface area contributed by atoms with E-state index in [0.29, 0.717) is 43.1 Å². The molecule has 0 fully saturated rings. The van der Waals surface area contributed by atoms with Crippen molar-refractivity contribution in [2.45, 2.75) is 39.0 Å². The number of phenolic OH excluding ortho intramolecular Hbond substituents is 1. The Balaban J connectivity index is 2.01. The Labute approximate surface area is 257 Å². The molecule has 4 aromatic rings. The van der Waals surface area contributed by atoms with E-state index in [9.17, 15) is 15.0 Å². The lowest BCUT2D eigenvalue weighted by Gasteiger charge is -2.26. The molecular formula is C33H32Br2O6. The van der Waals surface area contributed by atoms with Crippen LogP contribution < -0.4 is 14.2 Å². The summed E-state index contributed by atoms with van der Waals surface area (Å²) in [5.74, 6) is 1.27. The van der Waals surface area contributed by atoms with E-state index in [2.05, 4.69) is 51.8 Å². The largest absolute Gasteiger partial charge is 0.508 e. The number of methoxy groups -OCH3 is 2. The van der Waals surface area contributed by atoms with Crippen LogP contribution in [0.25, 0.3) is 0 Å². The number of ether oxygens (including phenoxy) is 3. The second-order valence-electron chi connectivity index (χ2n) is 10.1. The van der Waals surface area contributed by atoms with Crippen LogP contribution in [0.5, 0.6) is 28.7 Å². The number of carboxylic acids is 1. The molecule has 4 aromatic carbocycles. The van der Waals surface area contributed by atoms with E-state index in [1.54, 1.807) is 38.5 Å². The molecular weight excluding hydrogens is 652 g/mol. The van der Waals surface area contributed by atoms with Gasteiger partial charge in [-0.15, -0.1) is 0 Å². The summed E-state index contributed by atoms with van der Waals surface area (Å²) in [6, 6.07) is 20.7. The van der Waals surface area contributed by atoms with Crippen molar-refractivity contribution in [1.82, 2.24) is 0 Å². The molecule has 0 amide bonds. The first-order chi connectivity index (χ1) is 19.5. The minimum Gasteiger partial charge on any atom is -0.508 e. The van der Waals surface area contributed by atoms with E-state index in [4.69, 9.17) is 14.2 Å². The van der Waals surface area contributed by atoms with Crippen molar-refractivity contribution in [3.63, 3.8) is 0 Å². The Kier molecular flexibility index (Phi) is 9.66. The number of aromatic hydroxyl groups is 1. The van der Waals surface area contributed by atoms with Crippen LogP contribution in [0.3, 0.4) is 0 Å². The first-order valence-corrected chi connectivity index (χ1v) is 14.6.